The number of likely N-dealkylation sites (N-methyl/N-ethyl adjacent to an activating group) is 1. The van der Waals surface area contributed by atoms with Crippen molar-refractivity contribution in [3.8, 4) is 0 Å². The van der Waals surface area contributed by atoms with E-state index in [0.717, 1.165) is 17.8 Å². The van der Waals surface area contributed by atoms with Crippen LogP contribution in [-0.4, -0.2) is 49.6 Å². The normalized spacial score (nSPS) is 33.6. The van der Waals surface area contributed by atoms with Crippen LogP contribution in [0.5, 0.6) is 0 Å². The third kappa shape index (κ3) is 3.46. The second-order valence-electron chi connectivity index (χ2n) is 5.99. The lowest BCUT2D eigenvalue weighted by molar-refractivity contribution is 0.147. The minimum atomic E-state index is 0.896. The summed E-state index contributed by atoms with van der Waals surface area (Å²) in [5, 5.41) is 0. The molecule has 0 bridgehead atoms. The van der Waals surface area contributed by atoms with Crippen LogP contribution in [-0.2, 0) is 0 Å². The van der Waals surface area contributed by atoms with Gasteiger partial charge in [-0.3, -0.25) is 0 Å². The second-order valence-corrected chi connectivity index (χ2v) is 5.99. The Morgan fingerprint density at radius 2 is 1.73 bits per heavy atom. The molecule has 0 amide bonds. The minimum absolute atomic E-state index is 0.896. The van der Waals surface area contributed by atoms with Crippen molar-refractivity contribution < 1.29 is 0 Å². The molecule has 1 saturated carbocycles. The molecule has 2 nitrogen and oxygen atoms in total. The van der Waals surface area contributed by atoms with Crippen LogP contribution < -0.4 is 0 Å². The highest BCUT2D eigenvalue weighted by Gasteiger charge is 2.38. The molecule has 0 N–H and O–H groups in total. The van der Waals surface area contributed by atoms with Gasteiger partial charge in [-0.1, -0.05) is 13.8 Å². The molecule has 0 spiro atoms. The zero-order valence-corrected chi connectivity index (χ0v) is 10.6. The van der Waals surface area contributed by atoms with Crippen LogP contribution in [0.2, 0.25) is 0 Å². The van der Waals surface area contributed by atoms with Gasteiger partial charge >= 0.3 is 0 Å². The fraction of sp³-hybridized carbons (Fsp3) is 1.00. The molecule has 2 aliphatic rings. The predicted octanol–water partition coefficient (Wildman–Crippen LogP) is 1.92. The summed E-state index contributed by atoms with van der Waals surface area (Å²) >= 11 is 0. The fourth-order valence-electron chi connectivity index (χ4n) is 2.79. The molecule has 1 aliphatic heterocycles. The monoisotopic (exact) mass is 210 g/mol. The van der Waals surface area contributed by atoms with Crippen molar-refractivity contribution in [2.75, 3.05) is 39.8 Å². The first-order chi connectivity index (χ1) is 7.15. The third-order valence-corrected chi connectivity index (χ3v) is 3.93. The molecule has 2 atom stereocenters. The van der Waals surface area contributed by atoms with Crippen LogP contribution in [0.3, 0.4) is 0 Å². The van der Waals surface area contributed by atoms with E-state index in [-0.39, 0.29) is 0 Å². The number of nitrogens with zero attached hydrogens (tertiary/aromatic N) is 2. The van der Waals surface area contributed by atoms with Crippen LogP contribution in [0.1, 0.15) is 26.7 Å². The lowest BCUT2D eigenvalue weighted by Crippen LogP contribution is -2.45. The first-order valence-electron chi connectivity index (χ1n) is 6.56. The Morgan fingerprint density at radius 3 is 2.33 bits per heavy atom. The average molecular weight is 210 g/mol. The molecule has 15 heavy (non-hydrogen) atoms. The van der Waals surface area contributed by atoms with Gasteiger partial charge in [0.05, 0.1) is 0 Å². The predicted molar refractivity (Wildman–Crippen MR) is 65.0 cm³/mol. The maximum absolute atomic E-state index is 2.67. The lowest BCUT2D eigenvalue weighted by Gasteiger charge is -2.32. The molecule has 2 heteroatoms. The van der Waals surface area contributed by atoms with E-state index in [9.17, 15) is 0 Å². The number of hydrogen-bond donors (Lipinski definition) is 0. The Labute approximate surface area is 94.6 Å². The molecule has 1 aliphatic carbocycles. The third-order valence-electron chi connectivity index (χ3n) is 3.93. The van der Waals surface area contributed by atoms with Gasteiger partial charge in [0.2, 0.25) is 0 Å². The number of hydrogen-bond acceptors (Lipinski definition) is 2. The summed E-state index contributed by atoms with van der Waals surface area (Å²) in [7, 11) is 2.23. The first-order valence-corrected chi connectivity index (χ1v) is 6.56. The molecule has 88 valence electrons. The van der Waals surface area contributed by atoms with Gasteiger partial charge in [-0.15, -0.1) is 0 Å². The van der Waals surface area contributed by atoms with Gasteiger partial charge in [0, 0.05) is 32.7 Å². The summed E-state index contributed by atoms with van der Waals surface area (Å²) in [6.07, 6.45) is 2.96. The zero-order valence-electron chi connectivity index (χ0n) is 10.6. The van der Waals surface area contributed by atoms with Crippen LogP contribution >= 0.6 is 0 Å². The topological polar surface area (TPSA) is 6.48 Å². The van der Waals surface area contributed by atoms with Gasteiger partial charge in [0.15, 0.2) is 0 Å². The number of rotatable bonds is 4. The Morgan fingerprint density at radius 1 is 1.07 bits per heavy atom. The summed E-state index contributed by atoms with van der Waals surface area (Å²) in [4.78, 5) is 5.11. The Kier molecular flexibility index (Phi) is 3.68. The Balaban J connectivity index is 1.63. The summed E-state index contributed by atoms with van der Waals surface area (Å²) < 4.78 is 0. The largest absolute Gasteiger partial charge is 0.304 e. The van der Waals surface area contributed by atoms with Crippen LogP contribution in [0.25, 0.3) is 0 Å². The van der Waals surface area contributed by atoms with Crippen molar-refractivity contribution in [3.05, 3.63) is 0 Å². The average Bonchev–Trinajstić information content (AvgIpc) is 2.87. The van der Waals surface area contributed by atoms with Crippen molar-refractivity contribution in [2.24, 2.45) is 17.8 Å². The second kappa shape index (κ2) is 4.84. The van der Waals surface area contributed by atoms with Crippen molar-refractivity contribution in [2.45, 2.75) is 26.7 Å². The molecular weight excluding hydrogens is 184 g/mol. The highest BCUT2D eigenvalue weighted by atomic mass is 15.2. The van der Waals surface area contributed by atoms with E-state index in [1.165, 1.54) is 45.6 Å². The number of piperazine rings is 1. The molecule has 1 heterocycles. The molecular formula is C13H26N2. The Bertz CT molecular complexity index is 195. The van der Waals surface area contributed by atoms with Crippen molar-refractivity contribution in [1.82, 2.24) is 9.80 Å². The highest BCUT2D eigenvalue weighted by Crippen LogP contribution is 2.43. The summed E-state index contributed by atoms with van der Waals surface area (Å²) in [5.41, 5.74) is 0. The van der Waals surface area contributed by atoms with Crippen molar-refractivity contribution in [1.29, 1.82) is 0 Å². The van der Waals surface area contributed by atoms with Crippen LogP contribution in [0.4, 0.5) is 0 Å². The standard InChI is InChI=1S/C13H26N2/c1-11(2)8-12-9-13(12)10-15-6-4-14(3)5-7-15/h11-13H,4-10H2,1-3H3. The quantitative estimate of drug-likeness (QED) is 0.699. The molecule has 2 rings (SSSR count). The van der Waals surface area contributed by atoms with E-state index in [1.54, 1.807) is 0 Å². The molecule has 0 radical (unpaired) electrons. The molecule has 2 fully saturated rings. The zero-order chi connectivity index (χ0) is 10.8. The van der Waals surface area contributed by atoms with Gasteiger partial charge in [-0.05, 0) is 37.6 Å². The summed E-state index contributed by atoms with van der Waals surface area (Å²) in [6.45, 7) is 11.2. The van der Waals surface area contributed by atoms with E-state index >= 15 is 0 Å². The highest BCUT2D eigenvalue weighted by molar-refractivity contribution is 4.89. The smallest absolute Gasteiger partial charge is 0.0110 e. The van der Waals surface area contributed by atoms with Gasteiger partial charge in [0.25, 0.3) is 0 Å². The van der Waals surface area contributed by atoms with Gasteiger partial charge < -0.3 is 9.80 Å². The maximum Gasteiger partial charge on any atom is 0.0110 e. The Hall–Kier alpha value is -0.0800. The molecule has 0 aromatic carbocycles. The maximum atomic E-state index is 2.67. The van der Waals surface area contributed by atoms with Crippen LogP contribution in [0.15, 0.2) is 0 Å². The molecule has 0 aromatic heterocycles. The van der Waals surface area contributed by atoms with E-state index < -0.39 is 0 Å². The van der Waals surface area contributed by atoms with E-state index in [4.69, 9.17) is 0 Å². The van der Waals surface area contributed by atoms with Crippen LogP contribution in [0, 0.1) is 17.8 Å². The van der Waals surface area contributed by atoms with E-state index in [0.29, 0.717) is 0 Å². The summed E-state index contributed by atoms with van der Waals surface area (Å²) in [6, 6.07) is 0. The minimum Gasteiger partial charge on any atom is -0.304 e. The summed E-state index contributed by atoms with van der Waals surface area (Å²) in [5.74, 6) is 2.99. The van der Waals surface area contributed by atoms with Gasteiger partial charge in [-0.25, -0.2) is 0 Å². The fourth-order valence-corrected chi connectivity index (χ4v) is 2.79. The van der Waals surface area contributed by atoms with E-state index in [2.05, 4.69) is 30.7 Å². The molecule has 1 saturated heterocycles. The molecule has 2 unspecified atom stereocenters. The lowest BCUT2D eigenvalue weighted by atomic mass is 10.1. The van der Waals surface area contributed by atoms with Crippen molar-refractivity contribution in [3.63, 3.8) is 0 Å². The van der Waals surface area contributed by atoms with E-state index in [1.807, 2.05) is 0 Å². The molecule has 0 aromatic rings. The van der Waals surface area contributed by atoms with Gasteiger partial charge in [0.1, 0.15) is 0 Å². The van der Waals surface area contributed by atoms with Crippen molar-refractivity contribution >= 4 is 0 Å². The SMILES string of the molecule is CC(C)CC1CC1CN1CCN(C)CC1. The van der Waals surface area contributed by atoms with Gasteiger partial charge in [-0.2, -0.15) is 0 Å². The first kappa shape index (κ1) is 11.4.